The third-order valence-electron chi connectivity index (χ3n) is 3.59. The van der Waals surface area contributed by atoms with E-state index in [4.69, 9.17) is 9.47 Å². The first-order valence-corrected chi connectivity index (χ1v) is 7.55. The summed E-state index contributed by atoms with van der Waals surface area (Å²) in [5.74, 6) is 0.803. The summed E-state index contributed by atoms with van der Waals surface area (Å²) in [5, 5.41) is 3.02. The molecule has 1 aliphatic rings. The van der Waals surface area contributed by atoms with Crippen molar-refractivity contribution in [3.63, 3.8) is 0 Å². The van der Waals surface area contributed by atoms with Crippen LogP contribution in [-0.2, 0) is 9.53 Å². The van der Waals surface area contributed by atoms with Crippen molar-refractivity contribution in [1.29, 1.82) is 0 Å². The van der Waals surface area contributed by atoms with E-state index in [1.807, 2.05) is 18.2 Å². The highest BCUT2D eigenvalue weighted by molar-refractivity contribution is 5.94. The largest absolute Gasteiger partial charge is 0.497 e. The van der Waals surface area contributed by atoms with Crippen molar-refractivity contribution in [3.8, 4) is 5.75 Å². The van der Waals surface area contributed by atoms with E-state index in [-0.39, 0.29) is 5.91 Å². The fourth-order valence-corrected chi connectivity index (χ4v) is 2.37. The number of unbranched alkanes of at least 4 members (excludes halogenated alkanes) is 1. The van der Waals surface area contributed by atoms with Crippen LogP contribution in [0.15, 0.2) is 18.2 Å². The van der Waals surface area contributed by atoms with E-state index >= 15 is 0 Å². The number of carbonyl (C=O) groups excluding carboxylic acids is 1. The lowest BCUT2D eigenvalue weighted by Gasteiger charge is -2.30. The van der Waals surface area contributed by atoms with Crippen LogP contribution in [0, 0.1) is 0 Å². The van der Waals surface area contributed by atoms with Gasteiger partial charge in [-0.15, -0.1) is 0 Å². The minimum absolute atomic E-state index is 0.0552. The van der Waals surface area contributed by atoms with E-state index in [1.54, 1.807) is 7.11 Å². The topological polar surface area (TPSA) is 50.8 Å². The van der Waals surface area contributed by atoms with Crippen LogP contribution in [0.4, 0.5) is 11.4 Å². The third-order valence-corrected chi connectivity index (χ3v) is 3.59. The summed E-state index contributed by atoms with van der Waals surface area (Å²) in [6, 6.07) is 5.81. The predicted molar refractivity (Wildman–Crippen MR) is 84.2 cm³/mol. The number of methoxy groups -OCH3 is 1. The summed E-state index contributed by atoms with van der Waals surface area (Å²) in [4.78, 5) is 14.2. The van der Waals surface area contributed by atoms with Crippen LogP contribution >= 0.6 is 0 Å². The summed E-state index contributed by atoms with van der Waals surface area (Å²) in [6.45, 7) is 5.19. The summed E-state index contributed by atoms with van der Waals surface area (Å²) < 4.78 is 10.7. The highest BCUT2D eigenvalue weighted by Crippen LogP contribution is 2.31. The van der Waals surface area contributed by atoms with Gasteiger partial charge in [0.25, 0.3) is 0 Å². The summed E-state index contributed by atoms with van der Waals surface area (Å²) in [6.07, 6.45) is 2.47. The van der Waals surface area contributed by atoms with Gasteiger partial charge in [0.05, 0.1) is 31.7 Å². The Balaban J connectivity index is 2.16. The lowest BCUT2D eigenvalue weighted by molar-refractivity contribution is -0.116. The maximum absolute atomic E-state index is 12.0. The van der Waals surface area contributed by atoms with Crippen LogP contribution in [0.2, 0.25) is 0 Å². The first kappa shape index (κ1) is 15.6. The molecule has 1 fully saturated rings. The normalized spacial score (nSPS) is 14.9. The minimum atomic E-state index is 0.0552. The average Bonchev–Trinajstić information content (AvgIpc) is 2.53. The van der Waals surface area contributed by atoms with Crippen molar-refractivity contribution >= 4 is 17.3 Å². The van der Waals surface area contributed by atoms with Crippen molar-refractivity contribution in [3.05, 3.63) is 18.2 Å². The number of nitrogens with zero attached hydrogens (tertiary/aromatic N) is 1. The third kappa shape index (κ3) is 4.36. The fraction of sp³-hybridized carbons (Fsp3) is 0.562. The molecule has 0 atom stereocenters. The molecule has 0 aliphatic carbocycles. The quantitative estimate of drug-likeness (QED) is 0.876. The van der Waals surface area contributed by atoms with E-state index in [0.29, 0.717) is 6.42 Å². The van der Waals surface area contributed by atoms with Gasteiger partial charge in [0.1, 0.15) is 5.75 Å². The Bertz CT molecular complexity index is 471. The zero-order chi connectivity index (χ0) is 15.1. The van der Waals surface area contributed by atoms with Gasteiger partial charge in [0.15, 0.2) is 0 Å². The van der Waals surface area contributed by atoms with Gasteiger partial charge in [-0.25, -0.2) is 0 Å². The second-order valence-corrected chi connectivity index (χ2v) is 5.13. The van der Waals surface area contributed by atoms with Crippen molar-refractivity contribution in [2.45, 2.75) is 26.2 Å². The van der Waals surface area contributed by atoms with Gasteiger partial charge in [-0.1, -0.05) is 13.3 Å². The van der Waals surface area contributed by atoms with E-state index in [2.05, 4.69) is 17.1 Å². The maximum atomic E-state index is 12.0. The number of benzene rings is 1. The standard InChI is InChI=1S/C16H24N2O3/c1-3-4-5-16(19)17-14-12-13(20-2)6-7-15(14)18-8-10-21-11-9-18/h6-7,12H,3-5,8-11H2,1-2H3,(H,17,19). The second kappa shape index (κ2) is 7.88. The molecule has 0 radical (unpaired) electrons. The monoisotopic (exact) mass is 292 g/mol. The van der Waals surface area contributed by atoms with E-state index in [0.717, 1.165) is 56.3 Å². The molecular weight excluding hydrogens is 268 g/mol. The molecule has 1 amide bonds. The van der Waals surface area contributed by atoms with Crippen molar-refractivity contribution in [1.82, 2.24) is 0 Å². The number of morpholine rings is 1. The molecule has 1 aliphatic heterocycles. The molecule has 0 unspecified atom stereocenters. The molecule has 1 heterocycles. The number of ether oxygens (including phenoxy) is 2. The number of hydrogen-bond acceptors (Lipinski definition) is 4. The van der Waals surface area contributed by atoms with Gasteiger partial charge in [-0.3, -0.25) is 4.79 Å². The van der Waals surface area contributed by atoms with Gasteiger partial charge in [0, 0.05) is 25.6 Å². The molecular formula is C16H24N2O3. The zero-order valence-electron chi connectivity index (χ0n) is 12.9. The second-order valence-electron chi connectivity index (χ2n) is 5.13. The first-order chi connectivity index (χ1) is 10.2. The number of amides is 1. The first-order valence-electron chi connectivity index (χ1n) is 7.55. The molecule has 21 heavy (non-hydrogen) atoms. The zero-order valence-corrected chi connectivity index (χ0v) is 12.9. The van der Waals surface area contributed by atoms with Crippen molar-refractivity contribution < 1.29 is 14.3 Å². The van der Waals surface area contributed by atoms with Crippen LogP contribution in [0.1, 0.15) is 26.2 Å². The molecule has 0 spiro atoms. The smallest absolute Gasteiger partial charge is 0.224 e. The lowest BCUT2D eigenvalue weighted by atomic mass is 10.2. The molecule has 0 bridgehead atoms. The van der Waals surface area contributed by atoms with Crippen LogP contribution < -0.4 is 15.0 Å². The molecule has 1 aromatic carbocycles. The highest BCUT2D eigenvalue weighted by atomic mass is 16.5. The highest BCUT2D eigenvalue weighted by Gasteiger charge is 2.16. The Morgan fingerprint density at radius 3 is 2.81 bits per heavy atom. The van der Waals surface area contributed by atoms with Crippen LogP contribution in [0.5, 0.6) is 5.75 Å². The molecule has 1 saturated heterocycles. The Hall–Kier alpha value is -1.75. The number of rotatable bonds is 6. The van der Waals surface area contributed by atoms with Gasteiger partial charge in [0.2, 0.25) is 5.91 Å². The minimum Gasteiger partial charge on any atom is -0.497 e. The Morgan fingerprint density at radius 1 is 1.38 bits per heavy atom. The Labute approximate surface area is 126 Å². The number of carbonyl (C=O) groups is 1. The van der Waals surface area contributed by atoms with Crippen LogP contribution in [-0.4, -0.2) is 39.3 Å². The molecule has 1 aromatic rings. The van der Waals surface area contributed by atoms with Crippen LogP contribution in [0.3, 0.4) is 0 Å². The maximum Gasteiger partial charge on any atom is 0.224 e. The van der Waals surface area contributed by atoms with Crippen molar-refractivity contribution in [2.24, 2.45) is 0 Å². The number of hydrogen-bond donors (Lipinski definition) is 1. The van der Waals surface area contributed by atoms with Gasteiger partial charge >= 0.3 is 0 Å². The molecule has 0 aromatic heterocycles. The van der Waals surface area contributed by atoms with E-state index < -0.39 is 0 Å². The SMILES string of the molecule is CCCCC(=O)Nc1cc(OC)ccc1N1CCOCC1. The van der Waals surface area contributed by atoms with Gasteiger partial charge in [-0.2, -0.15) is 0 Å². The Kier molecular flexibility index (Phi) is 5.87. The van der Waals surface area contributed by atoms with Crippen molar-refractivity contribution in [2.75, 3.05) is 43.6 Å². The predicted octanol–water partition coefficient (Wildman–Crippen LogP) is 2.66. The van der Waals surface area contributed by atoms with Crippen LogP contribution in [0.25, 0.3) is 0 Å². The fourth-order valence-electron chi connectivity index (χ4n) is 2.37. The van der Waals surface area contributed by atoms with Gasteiger partial charge < -0.3 is 19.7 Å². The number of nitrogens with one attached hydrogen (secondary N) is 1. The van der Waals surface area contributed by atoms with E-state index in [9.17, 15) is 4.79 Å². The number of anilines is 2. The molecule has 5 nitrogen and oxygen atoms in total. The molecule has 2 rings (SSSR count). The molecule has 5 heteroatoms. The molecule has 1 N–H and O–H groups in total. The van der Waals surface area contributed by atoms with Gasteiger partial charge in [-0.05, 0) is 18.6 Å². The van der Waals surface area contributed by atoms with E-state index in [1.165, 1.54) is 0 Å². The Morgan fingerprint density at radius 2 is 2.14 bits per heavy atom. The summed E-state index contributed by atoms with van der Waals surface area (Å²) in [5.41, 5.74) is 1.85. The summed E-state index contributed by atoms with van der Waals surface area (Å²) in [7, 11) is 1.63. The molecule has 116 valence electrons. The lowest BCUT2D eigenvalue weighted by Crippen LogP contribution is -2.36. The summed E-state index contributed by atoms with van der Waals surface area (Å²) >= 11 is 0. The molecule has 0 saturated carbocycles. The average molecular weight is 292 g/mol.